The number of hydrogen-bond donors (Lipinski definition) is 1. The maximum absolute atomic E-state index is 14.0. The van der Waals surface area contributed by atoms with Gasteiger partial charge in [-0.15, -0.1) is 0 Å². The van der Waals surface area contributed by atoms with E-state index in [0.717, 1.165) is 10.4 Å². The molecule has 2 atom stereocenters. The van der Waals surface area contributed by atoms with Crippen LogP contribution in [-0.2, 0) is 26.2 Å². The van der Waals surface area contributed by atoms with Crippen LogP contribution in [-0.4, -0.2) is 48.7 Å². The lowest BCUT2D eigenvalue weighted by Gasteiger charge is -2.33. The Morgan fingerprint density at radius 3 is 2.22 bits per heavy atom. The number of rotatable bonds is 13. The van der Waals surface area contributed by atoms with Crippen LogP contribution in [0.25, 0.3) is 0 Å². The minimum Gasteiger partial charge on any atom is -0.352 e. The van der Waals surface area contributed by atoms with E-state index in [1.165, 1.54) is 35.2 Å². The second kappa shape index (κ2) is 14.1. The van der Waals surface area contributed by atoms with E-state index < -0.39 is 33.4 Å². The fraction of sp³-hybridized carbons (Fsp3) is 0.310. The third-order valence-corrected chi connectivity index (χ3v) is 8.63. The maximum Gasteiger partial charge on any atom is 0.271 e. The molecule has 12 heteroatoms. The van der Waals surface area contributed by atoms with Crippen molar-refractivity contribution in [1.29, 1.82) is 0 Å². The first kappa shape index (κ1) is 31.6. The Labute approximate surface area is 245 Å². The van der Waals surface area contributed by atoms with Gasteiger partial charge in [0.2, 0.25) is 11.8 Å². The normalized spacial score (nSPS) is 12.7. The molecular formula is C29H33ClN4O6S. The molecule has 0 unspecified atom stereocenters. The first-order chi connectivity index (χ1) is 19.5. The number of halogens is 1. The molecule has 0 aromatic heterocycles. The van der Waals surface area contributed by atoms with Crippen molar-refractivity contribution >= 4 is 44.8 Å². The van der Waals surface area contributed by atoms with Gasteiger partial charge in [-0.25, -0.2) is 8.42 Å². The van der Waals surface area contributed by atoms with Gasteiger partial charge in [-0.1, -0.05) is 61.8 Å². The Morgan fingerprint density at radius 1 is 0.976 bits per heavy atom. The number of nitro benzene ring substituents is 1. The van der Waals surface area contributed by atoms with Gasteiger partial charge in [0.25, 0.3) is 15.7 Å². The van der Waals surface area contributed by atoms with E-state index in [9.17, 15) is 28.1 Å². The number of hydrogen-bond acceptors (Lipinski definition) is 6. The smallest absolute Gasteiger partial charge is 0.271 e. The van der Waals surface area contributed by atoms with Gasteiger partial charge in [0, 0.05) is 29.7 Å². The van der Waals surface area contributed by atoms with Crippen molar-refractivity contribution in [3.05, 3.63) is 99.6 Å². The van der Waals surface area contributed by atoms with Crippen molar-refractivity contribution in [2.24, 2.45) is 0 Å². The molecule has 0 bridgehead atoms. The molecule has 10 nitrogen and oxygen atoms in total. The van der Waals surface area contributed by atoms with Crippen LogP contribution in [0.15, 0.2) is 83.8 Å². The molecule has 3 aromatic rings. The Bertz CT molecular complexity index is 1470. The number of non-ortho nitro benzene ring substituents is 1. The molecule has 1 N–H and O–H groups in total. The predicted octanol–water partition coefficient (Wildman–Crippen LogP) is 5.17. The van der Waals surface area contributed by atoms with Gasteiger partial charge in [0.15, 0.2) is 0 Å². The molecule has 0 radical (unpaired) electrons. The summed E-state index contributed by atoms with van der Waals surface area (Å²) in [4.78, 5) is 39.4. The van der Waals surface area contributed by atoms with Crippen LogP contribution < -0.4 is 9.62 Å². The average Bonchev–Trinajstić information content (AvgIpc) is 2.97. The number of nitro groups is 1. The zero-order valence-electron chi connectivity index (χ0n) is 23.1. The van der Waals surface area contributed by atoms with Crippen molar-refractivity contribution in [3.63, 3.8) is 0 Å². The molecule has 0 saturated carbocycles. The molecule has 0 aliphatic rings. The van der Waals surface area contributed by atoms with E-state index in [-0.39, 0.29) is 41.2 Å². The van der Waals surface area contributed by atoms with Gasteiger partial charge >= 0.3 is 0 Å². The minimum atomic E-state index is -4.33. The number of anilines is 1. The molecule has 218 valence electrons. The monoisotopic (exact) mass is 600 g/mol. The van der Waals surface area contributed by atoms with Crippen LogP contribution in [0, 0.1) is 10.1 Å². The highest BCUT2D eigenvalue weighted by atomic mass is 35.5. The van der Waals surface area contributed by atoms with Gasteiger partial charge in [0.05, 0.1) is 15.5 Å². The summed E-state index contributed by atoms with van der Waals surface area (Å²) < 4.78 is 28.5. The number of nitrogens with one attached hydrogen (secondary N) is 1. The van der Waals surface area contributed by atoms with Crippen molar-refractivity contribution < 1.29 is 22.9 Å². The Morgan fingerprint density at radius 2 is 1.63 bits per heavy atom. The maximum atomic E-state index is 14.0. The van der Waals surface area contributed by atoms with E-state index in [1.54, 1.807) is 49.4 Å². The van der Waals surface area contributed by atoms with Crippen LogP contribution in [0.5, 0.6) is 0 Å². The first-order valence-electron chi connectivity index (χ1n) is 13.1. The Hall–Kier alpha value is -3.96. The second-order valence-corrected chi connectivity index (χ2v) is 11.8. The minimum absolute atomic E-state index is 0.0105. The first-order valence-corrected chi connectivity index (χ1v) is 15.0. The van der Waals surface area contributed by atoms with E-state index in [0.29, 0.717) is 17.0 Å². The van der Waals surface area contributed by atoms with Crippen molar-refractivity contribution in [1.82, 2.24) is 10.2 Å². The SMILES string of the molecule is CC[C@@H](C)NC(=O)[C@H](CC)N(Cc1ccc(Cl)cc1)C(=O)CN(c1cccc([N+](=O)[O-])c1)S(=O)(=O)c1ccccc1. The molecule has 0 fully saturated rings. The summed E-state index contributed by atoms with van der Waals surface area (Å²) in [7, 11) is -4.33. The molecule has 3 rings (SSSR count). The fourth-order valence-electron chi connectivity index (χ4n) is 4.16. The van der Waals surface area contributed by atoms with Crippen molar-refractivity contribution in [2.45, 2.75) is 57.1 Å². The molecule has 0 aliphatic carbocycles. The van der Waals surface area contributed by atoms with E-state index in [4.69, 9.17) is 11.6 Å². The summed E-state index contributed by atoms with van der Waals surface area (Å²) in [5.74, 6) is -1.02. The molecule has 0 aliphatic heterocycles. The van der Waals surface area contributed by atoms with E-state index in [1.807, 2.05) is 13.8 Å². The molecular weight excluding hydrogens is 568 g/mol. The number of amides is 2. The van der Waals surface area contributed by atoms with E-state index in [2.05, 4.69) is 5.32 Å². The Kier molecular flexibility index (Phi) is 10.8. The molecule has 0 saturated heterocycles. The van der Waals surface area contributed by atoms with Crippen LogP contribution in [0.3, 0.4) is 0 Å². The van der Waals surface area contributed by atoms with Crippen molar-refractivity contribution in [3.8, 4) is 0 Å². The lowest BCUT2D eigenvalue weighted by atomic mass is 10.1. The largest absolute Gasteiger partial charge is 0.352 e. The quantitative estimate of drug-likeness (QED) is 0.213. The highest BCUT2D eigenvalue weighted by Crippen LogP contribution is 2.28. The van der Waals surface area contributed by atoms with Gasteiger partial charge in [-0.2, -0.15) is 0 Å². The lowest BCUT2D eigenvalue weighted by molar-refractivity contribution is -0.384. The number of carbonyl (C=O) groups is 2. The summed E-state index contributed by atoms with van der Waals surface area (Å²) in [5, 5.41) is 14.9. The summed E-state index contributed by atoms with van der Waals surface area (Å²) in [6.07, 6.45) is 0.951. The van der Waals surface area contributed by atoms with Gasteiger partial charge in [-0.3, -0.25) is 24.0 Å². The summed E-state index contributed by atoms with van der Waals surface area (Å²) in [6.45, 7) is 4.86. The standard InChI is InChI=1S/C29H33ClN4O6S/c1-4-21(3)31-29(36)27(5-2)32(19-22-14-16-23(30)17-15-22)28(35)20-33(24-10-9-11-25(18-24)34(37)38)41(39,40)26-12-7-6-8-13-26/h6-18,21,27H,4-5,19-20H2,1-3H3,(H,31,36)/t21-,27+/m1/s1. The third kappa shape index (κ3) is 8.05. The Balaban J connectivity index is 2.08. The number of nitrogens with zero attached hydrogens (tertiary/aromatic N) is 3. The van der Waals surface area contributed by atoms with E-state index >= 15 is 0 Å². The zero-order chi connectivity index (χ0) is 30.2. The van der Waals surface area contributed by atoms with Gasteiger partial charge in [-0.05, 0) is 55.7 Å². The number of carbonyl (C=O) groups excluding carboxylic acids is 2. The van der Waals surface area contributed by atoms with Crippen LogP contribution >= 0.6 is 11.6 Å². The molecule has 2 amide bonds. The van der Waals surface area contributed by atoms with Crippen LogP contribution in [0.4, 0.5) is 11.4 Å². The summed E-state index contributed by atoms with van der Waals surface area (Å²) in [6, 6.07) is 18.3. The molecule has 41 heavy (non-hydrogen) atoms. The second-order valence-electron chi connectivity index (χ2n) is 9.49. The van der Waals surface area contributed by atoms with Crippen LogP contribution in [0.2, 0.25) is 5.02 Å². The molecule has 3 aromatic carbocycles. The molecule has 0 heterocycles. The van der Waals surface area contributed by atoms with Gasteiger partial charge in [0.1, 0.15) is 12.6 Å². The number of sulfonamides is 1. The summed E-state index contributed by atoms with van der Waals surface area (Å²) in [5.41, 5.74) is 0.297. The predicted molar refractivity (Wildman–Crippen MR) is 158 cm³/mol. The average molecular weight is 601 g/mol. The van der Waals surface area contributed by atoms with Gasteiger partial charge < -0.3 is 10.2 Å². The highest BCUT2D eigenvalue weighted by Gasteiger charge is 2.34. The fourth-order valence-corrected chi connectivity index (χ4v) is 5.71. The number of benzene rings is 3. The molecule has 0 spiro atoms. The highest BCUT2D eigenvalue weighted by molar-refractivity contribution is 7.92. The lowest BCUT2D eigenvalue weighted by Crippen LogP contribution is -2.53. The zero-order valence-corrected chi connectivity index (χ0v) is 24.6. The van der Waals surface area contributed by atoms with Crippen LogP contribution in [0.1, 0.15) is 39.2 Å². The third-order valence-electron chi connectivity index (χ3n) is 6.59. The topological polar surface area (TPSA) is 130 Å². The summed E-state index contributed by atoms with van der Waals surface area (Å²) >= 11 is 6.04. The van der Waals surface area contributed by atoms with Crippen molar-refractivity contribution in [2.75, 3.05) is 10.8 Å².